The lowest BCUT2D eigenvalue weighted by Crippen LogP contribution is -1.90. The average Bonchev–Trinajstić information content (AvgIpc) is 0.873. The van der Waals surface area contributed by atoms with E-state index < -0.39 is 0 Å². The van der Waals surface area contributed by atoms with Crippen molar-refractivity contribution >= 4 is 0 Å². The fourth-order valence-electron chi connectivity index (χ4n) is 11.5. The van der Waals surface area contributed by atoms with Crippen molar-refractivity contribution in [3.8, 4) is 135 Å². The third-order valence-electron chi connectivity index (χ3n) is 17.0. The smallest absolute Gasteiger partial charge is 0.159 e. The highest BCUT2D eigenvalue weighted by atomic mass is 14.9. The summed E-state index contributed by atoms with van der Waals surface area (Å²) in [6.07, 6.45) is 12.5. The Kier molecular flexibility index (Phi) is 25.5. The molecule has 8 heterocycles. The van der Waals surface area contributed by atoms with E-state index in [1.165, 1.54) is 27.8 Å². The molecule has 8 aromatic heterocycles. The SMILES string of the molecule is c1ccc(-c2cc(-c3ccccc3)ncn2)cc1.c1ccc(-c2ccc(-c3cccnc3)cc2)cc1.c1ccc(-c2cccc(-c3ccccc3)n2)cc1.c1ccc(-c2cccc(-c3ccccn3)n2)nc1.c1ccc(-c2ccnc(-c3ccccc3)c2)cc1.c1ccc(-c2ccnc(-c3ccccc3)n2)cc1. The van der Waals surface area contributed by atoms with Crippen molar-refractivity contribution in [3.05, 3.63) is 450 Å². The summed E-state index contributed by atoms with van der Waals surface area (Å²) in [7, 11) is 0. The third-order valence-corrected chi connectivity index (χ3v) is 17.0. The van der Waals surface area contributed by atoms with Crippen LogP contribution in [0.15, 0.2) is 450 Å². The molecule has 0 radical (unpaired) electrons. The summed E-state index contributed by atoms with van der Waals surface area (Å²) < 4.78 is 0. The van der Waals surface area contributed by atoms with E-state index in [2.05, 4.69) is 209 Å². The summed E-state index contributed by atoms with van der Waals surface area (Å²) in [5.74, 6) is 0.761. The van der Waals surface area contributed by atoms with E-state index in [9.17, 15) is 0 Å². The van der Waals surface area contributed by atoms with Gasteiger partial charge in [-0.25, -0.2) is 29.9 Å². The summed E-state index contributed by atoms with van der Waals surface area (Å²) in [6.45, 7) is 0. The summed E-state index contributed by atoms with van der Waals surface area (Å²) in [5.41, 5.74) is 24.4. The molecule has 0 saturated carbocycles. The molecule has 0 aliphatic heterocycles. The second-order valence-corrected chi connectivity index (χ2v) is 24.3. The minimum absolute atomic E-state index is 0.761. The first kappa shape index (κ1) is 71.6. The van der Waals surface area contributed by atoms with Crippen LogP contribution in [0.25, 0.3) is 135 Å². The first-order valence-electron chi connectivity index (χ1n) is 35.5. The van der Waals surface area contributed by atoms with Crippen LogP contribution in [0, 0.1) is 0 Å². The van der Waals surface area contributed by atoms with Crippen LogP contribution in [0.5, 0.6) is 0 Å². The number of nitrogens with zero attached hydrogens (tertiary/aromatic N) is 10. The topological polar surface area (TPSA) is 129 Å². The van der Waals surface area contributed by atoms with Gasteiger partial charge in [-0.15, -0.1) is 0 Å². The Morgan fingerprint density at radius 2 is 0.444 bits per heavy atom. The molecule has 0 unspecified atom stereocenters. The normalized spacial score (nSPS) is 10.2. The zero-order valence-corrected chi connectivity index (χ0v) is 59.2. The van der Waals surface area contributed by atoms with Crippen LogP contribution in [-0.4, -0.2) is 49.8 Å². The Labute approximate surface area is 631 Å². The first-order chi connectivity index (χ1) is 53.6. The summed E-state index contributed by atoms with van der Waals surface area (Å²) in [5, 5.41) is 0. The summed E-state index contributed by atoms with van der Waals surface area (Å²) >= 11 is 0. The molecular formula is C98H74N10. The molecule has 0 saturated heterocycles. The number of aromatic nitrogens is 10. The molecular weight excluding hydrogens is 1320 g/mol. The lowest BCUT2D eigenvalue weighted by molar-refractivity contribution is 1.18. The Morgan fingerprint density at radius 3 is 0.852 bits per heavy atom. The molecule has 0 amide bonds. The van der Waals surface area contributed by atoms with E-state index in [-0.39, 0.29) is 0 Å². The van der Waals surface area contributed by atoms with Gasteiger partial charge in [0.2, 0.25) is 0 Å². The molecule has 0 aliphatic rings. The van der Waals surface area contributed by atoms with E-state index >= 15 is 0 Å². The number of pyridine rings is 6. The van der Waals surface area contributed by atoms with E-state index in [4.69, 9.17) is 4.98 Å². The molecule has 10 nitrogen and oxygen atoms in total. The summed E-state index contributed by atoms with van der Waals surface area (Å²) in [6, 6.07) is 136. The second-order valence-electron chi connectivity index (χ2n) is 24.3. The summed E-state index contributed by atoms with van der Waals surface area (Å²) in [4.78, 5) is 44.1. The maximum Gasteiger partial charge on any atom is 0.159 e. The molecule has 0 bridgehead atoms. The highest BCUT2D eigenvalue weighted by molar-refractivity contribution is 5.73. The molecule has 0 atom stereocenters. The van der Waals surface area contributed by atoms with Gasteiger partial charge in [0.05, 0.1) is 56.9 Å². The van der Waals surface area contributed by atoms with Gasteiger partial charge in [0, 0.05) is 76.1 Å². The number of hydrogen-bond acceptors (Lipinski definition) is 10. The van der Waals surface area contributed by atoms with E-state index in [0.29, 0.717) is 0 Å². The molecule has 108 heavy (non-hydrogen) atoms. The van der Waals surface area contributed by atoms with Crippen LogP contribution < -0.4 is 0 Å². The van der Waals surface area contributed by atoms with Crippen LogP contribution >= 0.6 is 0 Å². The van der Waals surface area contributed by atoms with Crippen LogP contribution in [-0.2, 0) is 0 Å². The number of rotatable bonds is 12. The van der Waals surface area contributed by atoms with Gasteiger partial charge in [0.25, 0.3) is 0 Å². The van der Waals surface area contributed by atoms with Crippen molar-refractivity contribution in [3.63, 3.8) is 0 Å². The van der Waals surface area contributed by atoms with Crippen LogP contribution in [0.1, 0.15) is 0 Å². The molecule has 0 N–H and O–H groups in total. The van der Waals surface area contributed by atoms with E-state index in [0.717, 1.165) is 107 Å². The third kappa shape index (κ3) is 20.8. The van der Waals surface area contributed by atoms with Gasteiger partial charge >= 0.3 is 0 Å². The standard InChI is InChI=1S/3C17H13N.2C16H12N2.C15H11N3/c1-3-8-14(9-4-1)16-12-7-13-17(18-16)15-10-5-2-6-11-15;1-3-7-14(8-4-1)16-11-12-18-17(13-16)15-9-5-2-6-10-15;1-2-5-14(6-3-1)15-8-10-16(11-9-15)17-7-4-12-18-13-17;1-3-7-13(8-4-1)15-11-16(18-12-17-15)14-9-5-2-6-10-14;1-3-7-13(8-4-1)15-11-12-17-16(18-15)14-9-5-2-6-10-14;1-3-10-16-12(6-1)14-8-5-9-15(18-14)13-7-2-4-11-17-13/h3*1-13H;2*1-12H;1-11H. The second kappa shape index (κ2) is 38.5. The van der Waals surface area contributed by atoms with Gasteiger partial charge < -0.3 is 0 Å². The minimum atomic E-state index is 0.761. The highest BCUT2D eigenvalue weighted by Crippen LogP contribution is 2.29. The molecule has 0 aliphatic carbocycles. The minimum Gasteiger partial charge on any atom is -0.264 e. The van der Waals surface area contributed by atoms with Crippen molar-refractivity contribution < 1.29 is 0 Å². The zero-order chi connectivity index (χ0) is 73.3. The predicted octanol–water partition coefficient (Wildman–Crippen LogP) is 24.1. The number of hydrogen-bond donors (Lipinski definition) is 0. The molecule has 516 valence electrons. The lowest BCUT2D eigenvalue weighted by Gasteiger charge is -2.04. The largest absolute Gasteiger partial charge is 0.264 e. The van der Waals surface area contributed by atoms with Crippen molar-refractivity contribution in [2.24, 2.45) is 0 Å². The van der Waals surface area contributed by atoms with E-state index in [1.807, 2.05) is 255 Å². The van der Waals surface area contributed by atoms with Gasteiger partial charge in [0.1, 0.15) is 6.33 Å². The Balaban J connectivity index is 0.000000114. The van der Waals surface area contributed by atoms with Gasteiger partial charge in [0.15, 0.2) is 5.82 Å². The highest BCUT2D eigenvalue weighted by Gasteiger charge is 2.09. The van der Waals surface area contributed by atoms with Gasteiger partial charge in [-0.2, -0.15) is 0 Å². The molecule has 18 rings (SSSR count). The van der Waals surface area contributed by atoms with Crippen LogP contribution in [0.2, 0.25) is 0 Å². The average molecular weight is 1390 g/mol. The predicted molar refractivity (Wildman–Crippen MR) is 442 cm³/mol. The van der Waals surface area contributed by atoms with E-state index in [1.54, 1.807) is 31.1 Å². The molecule has 18 aromatic rings. The van der Waals surface area contributed by atoms with Crippen molar-refractivity contribution in [1.82, 2.24) is 49.8 Å². The molecule has 10 aromatic carbocycles. The Bertz CT molecular complexity index is 4600. The lowest BCUT2D eigenvalue weighted by atomic mass is 10.0. The molecule has 0 spiro atoms. The van der Waals surface area contributed by atoms with Crippen LogP contribution in [0.4, 0.5) is 0 Å². The maximum atomic E-state index is 4.71. The van der Waals surface area contributed by atoms with Crippen LogP contribution in [0.3, 0.4) is 0 Å². The Morgan fingerprint density at radius 1 is 0.139 bits per heavy atom. The van der Waals surface area contributed by atoms with Crippen molar-refractivity contribution in [1.29, 1.82) is 0 Å². The van der Waals surface area contributed by atoms with Crippen molar-refractivity contribution in [2.75, 3.05) is 0 Å². The van der Waals surface area contributed by atoms with Gasteiger partial charge in [-0.1, -0.05) is 328 Å². The molecule has 10 heteroatoms. The quantitative estimate of drug-likeness (QED) is 0.117. The maximum absolute atomic E-state index is 4.71. The van der Waals surface area contributed by atoms with Gasteiger partial charge in [-0.3, -0.25) is 19.9 Å². The Hall–Kier alpha value is -14.7. The monoisotopic (exact) mass is 1390 g/mol. The number of benzene rings is 10. The fourth-order valence-corrected chi connectivity index (χ4v) is 11.5. The molecule has 0 fully saturated rings. The van der Waals surface area contributed by atoms with Crippen molar-refractivity contribution in [2.45, 2.75) is 0 Å². The zero-order valence-electron chi connectivity index (χ0n) is 59.2. The van der Waals surface area contributed by atoms with Gasteiger partial charge in [-0.05, 0) is 112 Å². The fraction of sp³-hybridized carbons (Fsp3) is 0. The first-order valence-corrected chi connectivity index (χ1v) is 35.5.